The molecule has 2 N–H and O–H groups in total. The van der Waals surface area contributed by atoms with E-state index in [-0.39, 0.29) is 0 Å². The van der Waals surface area contributed by atoms with Crippen LogP contribution in [-0.2, 0) is 13.1 Å². The highest BCUT2D eigenvalue weighted by molar-refractivity contribution is 6.31. The molecule has 0 saturated heterocycles. The predicted octanol–water partition coefficient (Wildman–Crippen LogP) is 3.28. The summed E-state index contributed by atoms with van der Waals surface area (Å²) in [4.78, 5) is 2.31. The molecule has 0 heterocycles. The minimum atomic E-state index is 0.545. The fourth-order valence-corrected chi connectivity index (χ4v) is 1.96. The van der Waals surface area contributed by atoms with Gasteiger partial charge in [0.2, 0.25) is 0 Å². The zero-order chi connectivity index (χ0) is 12.8. The summed E-state index contributed by atoms with van der Waals surface area (Å²) in [5, 5.41) is 0.823. The molecule has 0 aliphatic heterocycles. The van der Waals surface area contributed by atoms with Crippen LogP contribution in [-0.4, -0.2) is 18.5 Å². The topological polar surface area (TPSA) is 29.3 Å². The van der Waals surface area contributed by atoms with Crippen LogP contribution in [0.25, 0.3) is 0 Å². The molecule has 0 unspecified atom stereocenters. The monoisotopic (exact) mass is 254 g/mol. The van der Waals surface area contributed by atoms with E-state index in [0.29, 0.717) is 6.54 Å². The van der Waals surface area contributed by atoms with E-state index < -0.39 is 0 Å². The first-order chi connectivity index (χ1) is 8.02. The van der Waals surface area contributed by atoms with Crippen LogP contribution in [0.2, 0.25) is 5.02 Å². The second-order valence-corrected chi connectivity index (χ2v) is 5.46. The van der Waals surface area contributed by atoms with Crippen molar-refractivity contribution < 1.29 is 0 Å². The van der Waals surface area contributed by atoms with E-state index in [1.165, 1.54) is 12.0 Å². The van der Waals surface area contributed by atoms with Gasteiger partial charge in [-0.2, -0.15) is 0 Å². The molecule has 0 amide bonds. The van der Waals surface area contributed by atoms with Gasteiger partial charge in [0.15, 0.2) is 0 Å². The summed E-state index contributed by atoms with van der Waals surface area (Å²) in [6, 6.07) is 6.10. The van der Waals surface area contributed by atoms with Crippen LogP contribution in [0.5, 0.6) is 0 Å². The average Bonchev–Trinajstić information content (AvgIpc) is 2.29. The van der Waals surface area contributed by atoms with Crippen molar-refractivity contribution in [1.29, 1.82) is 0 Å². The van der Waals surface area contributed by atoms with Crippen molar-refractivity contribution in [3.8, 4) is 0 Å². The first-order valence-electron chi connectivity index (χ1n) is 6.18. The van der Waals surface area contributed by atoms with Crippen LogP contribution in [0.15, 0.2) is 18.2 Å². The van der Waals surface area contributed by atoms with E-state index in [0.717, 1.165) is 29.6 Å². The van der Waals surface area contributed by atoms with Crippen molar-refractivity contribution in [1.82, 2.24) is 4.90 Å². The molecule has 1 rings (SSSR count). The third-order valence-electron chi connectivity index (χ3n) is 2.88. The fraction of sp³-hybridized carbons (Fsp3) is 0.571. The van der Waals surface area contributed by atoms with Gasteiger partial charge in [0.1, 0.15) is 0 Å². The van der Waals surface area contributed by atoms with Gasteiger partial charge in [-0.05, 0) is 43.1 Å². The van der Waals surface area contributed by atoms with E-state index in [1.54, 1.807) is 0 Å². The van der Waals surface area contributed by atoms with Gasteiger partial charge < -0.3 is 10.6 Å². The minimum Gasteiger partial charge on any atom is -0.326 e. The molecule has 0 fully saturated rings. The molecule has 0 aromatic heterocycles. The van der Waals surface area contributed by atoms with Gasteiger partial charge in [0, 0.05) is 18.1 Å². The predicted molar refractivity (Wildman–Crippen MR) is 75.1 cm³/mol. The number of rotatable bonds is 6. The van der Waals surface area contributed by atoms with Crippen LogP contribution in [0.4, 0.5) is 0 Å². The Kier molecular flexibility index (Phi) is 5.96. The molecular weight excluding hydrogens is 232 g/mol. The number of halogens is 1. The van der Waals surface area contributed by atoms with Gasteiger partial charge in [0.25, 0.3) is 0 Å². The van der Waals surface area contributed by atoms with Crippen molar-refractivity contribution in [3.63, 3.8) is 0 Å². The lowest BCUT2D eigenvalue weighted by Gasteiger charge is -2.18. The van der Waals surface area contributed by atoms with Crippen LogP contribution in [0.1, 0.15) is 31.4 Å². The van der Waals surface area contributed by atoms with Crippen molar-refractivity contribution in [2.75, 3.05) is 13.6 Å². The lowest BCUT2D eigenvalue weighted by Crippen LogP contribution is -2.20. The lowest BCUT2D eigenvalue weighted by molar-refractivity contribution is 0.303. The molecule has 1 aromatic carbocycles. The van der Waals surface area contributed by atoms with Crippen molar-refractivity contribution in [3.05, 3.63) is 34.3 Å². The number of hydrogen-bond donors (Lipinski definition) is 1. The average molecular weight is 255 g/mol. The first kappa shape index (κ1) is 14.5. The lowest BCUT2D eigenvalue weighted by atomic mass is 10.1. The zero-order valence-corrected chi connectivity index (χ0v) is 11.8. The summed E-state index contributed by atoms with van der Waals surface area (Å²) in [7, 11) is 2.13. The number of nitrogens with two attached hydrogens (primary N) is 1. The van der Waals surface area contributed by atoms with Crippen molar-refractivity contribution in [2.45, 2.75) is 33.4 Å². The molecule has 0 atom stereocenters. The number of benzene rings is 1. The van der Waals surface area contributed by atoms with E-state index in [4.69, 9.17) is 17.3 Å². The highest BCUT2D eigenvalue weighted by atomic mass is 35.5. The molecule has 3 heteroatoms. The summed E-state index contributed by atoms with van der Waals surface area (Å²) in [5.74, 6) is 0.743. The van der Waals surface area contributed by atoms with Gasteiger partial charge in [-0.3, -0.25) is 0 Å². The molecule has 2 nitrogen and oxygen atoms in total. The second kappa shape index (κ2) is 7.00. The number of hydrogen-bond acceptors (Lipinski definition) is 2. The van der Waals surface area contributed by atoms with Gasteiger partial charge in [-0.25, -0.2) is 0 Å². The van der Waals surface area contributed by atoms with Crippen LogP contribution in [0, 0.1) is 5.92 Å². The zero-order valence-electron chi connectivity index (χ0n) is 11.0. The normalized spacial score (nSPS) is 11.5. The van der Waals surface area contributed by atoms with E-state index in [9.17, 15) is 0 Å². The van der Waals surface area contributed by atoms with Crippen molar-refractivity contribution >= 4 is 11.6 Å². The Morgan fingerprint density at radius 2 is 2.06 bits per heavy atom. The van der Waals surface area contributed by atoms with E-state index >= 15 is 0 Å². The second-order valence-electron chi connectivity index (χ2n) is 5.05. The van der Waals surface area contributed by atoms with Crippen LogP contribution in [0.3, 0.4) is 0 Å². The van der Waals surface area contributed by atoms with E-state index in [1.807, 2.05) is 6.07 Å². The quantitative estimate of drug-likeness (QED) is 0.844. The largest absolute Gasteiger partial charge is 0.326 e. The Hall–Kier alpha value is -0.570. The summed E-state index contributed by atoms with van der Waals surface area (Å²) in [6.07, 6.45) is 1.22. The standard InChI is InChI=1S/C14H23ClN2/c1-11(2)6-7-17(3)10-13-5-4-12(9-16)8-14(13)15/h4-5,8,11H,6-7,9-10,16H2,1-3H3. The fourth-order valence-electron chi connectivity index (χ4n) is 1.69. The highest BCUT2D eigenvalue weighted by Crippen LogP contribution is 2.19. The molecule has 0 saturated carbocycles. The van der Waals surface area contributed by atoms with Gasteiger partial charge in [0.05, 0.1) is 0 Å². The SMILES string of the molecule is CC(C)CCN(C)Cc1ccc(CN)cc1Cl. The van der Waals surface area contributed by atoms with Gasteiger partial charge in [-0.15, -0.1) is 0 Å². The van der Waals surface area contributed by atoms with E-state index in [2.05, 4.69) is 37.9 Å². The molecule has 0 radical (unpaired) electrons. The van der Waals surface area contributed by atoms with Crippen molar-refractivity contribution in [2.24, 2.45) is 11.7 Å². The summed E-state index contributed by atoms with van der Waals surface area (Å²) >= 11 is 6.23. The molecule has 0 spiro atoms. The molecule has 0 aliphatic rings. The molecule has 1 aromatic rings. The highest BCUT2D eigenvalue weighted by Gasteiger charge is 2.06. The molecule has 96 valence electrons. The molecule has 0 bridgehead atoms. The maximum atomic E-state index is 6.23. The summed E-state index contributed by atoms with van der Waals surface area (Å²) < 4.78 is 0. The maximum absolute atomic E-state index is 6.23. The Balaban J connectivity index is 2.56. The van der Waals surface area contributed by atoms with Gasteiger partial charge >= 0.3 is 0 Å². The summed E-state index contributed by atoms with van der Waals surface area (Å²) in [6.45, 7) is 7.04. The Labute approximate surface area is 110 Å². The number of nitrogens with zero attached hydrogens (tertiary/aromatic N) is 1. The smallest absolute Gasteiger partial charge is 0.0454 e. The summed E-state index contributed by atoms with van der Waals surface area (Å²) in [5.41, 5.74) is 7.84. The molecular formula is C14H23ClN2. The molecule has 17 heavy (non-hydrogen) atoms. The Bertz CT molecular complexity index is 350. The molecule has 0 aliphatic carbocycles. The third-order valence-corrected chi connectivity index (χ3v) is 3.23. The van der Waals surface area contributed by atoms with Crippen LogP contribution >= 0.6 is 11.6 Å². The van der Waals surface area contributed by atoms with Gasteiger partial charge in [-0.1, -0.05) is 37.6 Å². The Morgan fingerprint density at radius 1 is 1.35 bits per heavy atom. The third kappa shape index (κ3) is 5.07. The minimum absolute atomic E-state index is 0.545. The Morgan fingerprint density at radius 3 is 2.59 bits per heavy atom. The first-order valence-corrected chi connectivity index (χ1v) is 6.56. The maximum Gasteiger partial charge on any atom is 0.0454 e. The van der Waals surface area contributed by atoms with Crippen LogP contribution < -0.4 is 5.73 Å².